The zero-order chi connectivity index (χ0) is 13.9. The lowest BCUT2D eigenvalue weighted by Gasteiger charge is -2.06. The predicted molar refractivity (Wildman–Crippen MR) is 75.5 cm³/mol. The molecule has 0 saturated heterocycles. The molecule has 0 unspecified atom stereocenters. The highest BCUT2D eigenvalue weighted by molar-refractivity contribution is 7.89. The van der Waals surface area contributed by atoms with Crippen LogP contribution in [0.15, 0.2) is 47.6 Å². The van der Waals surface area contributed by atoms with E-state index in [1.54, 1.807) is 24.3 Å². The number of aromatic nitrogens is 1. The van der Waals surface area contributed by atoms with E-state index in [0.717, 1.165) is 11.1 Å². The molecule has 0 bridgehead atoms. The minimum Gasteiger partial charge on any atom is -0.357 e. The van der Waals surface area contributed by atoms with E-state index in [-0.39, 0.29) is 0 Å². The van der Waals surface area contributed by atoms with Crippen LogP contribution in [0.4, 0.5) is 0 Å². The maximum Gasteiger partial charge on any atom is 0.240 e. The van der Waals surface area contributed by atoms with Crippen molar-refractivity contribution < 1.29 is 8.42 Å². The number of sulfonamides is 1. The van der Waals surface area contributed by atoms with Crippen LogP contribution >= 0.6 is 0 Å². The average molecular weight is 278 g/mol. The van der Waals surface area contributed by atoms with E-state index < -0.39 is 10.0 Å². The highest BCUT2D eigenvalue weighted by Gasteiger charge is 2.12. The van der Waals surface area contributed by atoms with Crippen LogP contribution in [0.3, 0.4) is 0 Å². The molecule has 1 N–H and O–H groups in total. The first kappa shape index (κ1) is 13.8. The molecule has 1 aromatic carbocycles. The topological polar surface area (TPSA) is 51.1 Å². The predicted octanol–water partition coefficient (Wildman–Crippen LogP) is 1.85. The van der Waals surface area contributed by atoms with Crippen molar-refractivity contribution in [2.45, 2.75) is 18.2 Å². The SMILES string of the molecule is Cc1ccc(S(=O)(=O)NCCc2ccn(C)c2)cc1. The van der Waals surface area contributed by atoms with Crippen LogP contribution in [0.25, 0.3) is 0 Å². The standard InChI is InChI=1S/C14H18N2O2S/c1-12-3-5-14(6-4-12)19(17,18)15-9-7-13-8-10-16(2)11-13/h3-6,8,10-11,15H,7,9H2,1-2H3. The summed E-state index contributed by atoms with van der Waals surface area (Å²) in [6.07, 6.45) is 4.62. The van der Waals surface area contributed by atoms with E-state index >= 15 is 0 Å². The fourth-order valence-corrected chi connectivity index (χ4v) is 2.87. The average Bonchev–Trinajstić information content (AvgIpc) is 2.75. The molecule has 0 aliphatic carbocycles. The van der Waals surface area contributed by atoms with Crippen molar-refractivity contribution in [1.29, 1.82) is 0 Å². The second-order valence-corrected chi connectivity index (χ2v) is 6.41. The molecule has 2 rings (SSSR count). The Morgan fingerprint density at radius 2 is 1.84 bits per heavy atom. The molecule has 0 saturated carbocycles. The summed E-state index contributed by atoms with van der Waals surface area (Å²) in [5.74, 6) is 0. The van der Waals surface area contributed by atoms with Crippen molar-refractivity contribution in [3.8, 4) is 0 Å². The molecule has 19 heavy (non-hydrogen) atoms. The largest absolute Gasteiger partial charge is 0.357 e. The van der Waals surface area contributed by atoms with Gasteiger partial charge < -0.3 is 4.57 Å². The van der Waals surface area contributed by atoms with Crippen molar-refractivity contribution in [3.63, 3.8) is 0 Å². The van der Waals surface area contributed by atoms with Gasteiger partial charge in [0.2, 0.25) is 10.0 Å². The molecule has 102 valence electrons. The second kappa shape index (κ2) is 5.59. The monoisotopic (exact) mass is 278 g/mol. The number of aryl methyl sites for hydroxylation is 2. The van der Waals surface area contributed by atoms with E-state index in [1.165, 1.54) is 0 Å². The van der Waals surface area contributed by atoms with Crippen molar-refractivity contribution >= 4 is 10.0 Å². The third-order valence-electron chi connectivity index (χ3n) is 2.93. The molecule has 2 aromatic rings. The van der Waals surface area contributed by atoms with Gasteiger partial charge in [0.05, 0.1) is 4.90 Å². The maximum absolute atomic E-state index is 12.0. The van der Waals surface area contributed by atoms with Gasteiger partial charge in [-0.25, -0.2) is 13.1 Å². The first-order valence-electron chi connectivity index (χ1n) is 6.14. The molecule has 0 spiro atoms. The van der Waals surface area contributed by atoms with Gasteiger partial charge in [0, 0.05) is 26.0 Å². The summed E-state index contributed by atoms with van der Waals surface area (Å²) in [4.78, 5) is 0.311. The Morgan fingerprint density at radius 3 is 2.42 bits per heavy atom. The molecular formula is C14H18N2O2S. The molecular weight excluding hydrogens is 260 g/mol. The first-order chi connectivity index (χ1) is 8.97. The van der Waals surface area contributed by atoms with Gasteiger partial charge in [0.1, 0.15) is 0 Å². The van der Waals surface area contributed by atoms with Crippen LogP contribution < -0.4 is 4.72 Å². The van der Waals surface area contributed by atoms with Gasteiger partial charge in [-0.1, -0.05) is 17.7 Å². The van der Waals surface area contributed by atoms with Gasteiger partial charge in [-0.15, -0.1) is 0 Å². The molecule has 4 nitrogen and oxygen atoms in total. The third-order valence-corrected chi connectivity index (χ3v) is 4.41. The van der Waals surface area contributed by atoms with Gasteiger partial charge in [0.15, 0.2) is 0 Å². The fourth-order valence-electron chi connectivity index (χ4n) is 1.84. The highest BCUT2D eigenvalue weighted by Crippen LogP contribution is 2.10. The number of benzene rings is 1. The molecule has 0 aliphatic rings. The van der Waals surface area contributed by atoms with Crippen LogP contribution in [-0.4, -0.2) is 19.5 Å². The summed E-state index contributed by atoms with van der Waals surface area (Å²) in [7, 11) is -1.45. The normalized spacial score (nSPS) is 11.7. The van der Waals surface area contributed by atoms with Crippen LogP contribution in [0.1, 0.15) is 11.1 Å². The number of rotatable bonds is 5. The number of hydrogen-bond donors (Lipinski definition) is 1. The highest BCUT2D eigenvalue weighted by atomic mass is 32.2. The Morgan fingerprint density at radius 1 is 1.16 bits per heavy atom. The van der Waals surface area contributed by atoms with Crippen LogP contribution in [0, 0.1) is 6.92 Å². The van der Waals surface area contributed by atoms with Crippen molar-refractivity contribution in [3.05, 3.63) is 53.9 Å². The van der Waals surface area contributed by atoms with E-state index in [2.05, 4.69) is 4.72 Å². The Balaban J connectivity index is 1.96. The smallest absolute Gasteiger partial charge is 0.240 e. The summed E-state index contributed by atoms with van der Waals surface area (Å²) in [5, 5.41) is 0. The third kappa shape index (κ3) is 3.68. The Kier molecular flexibility index (Phi) is 4.07. The van der Waals surface area contributed by atoms with Crippen LogP contribution in [-0.2, 0) is 23.5 Å². The van der Waals surface area contributed by atoms with Crippen LogP contribution in [0.5, 0.6) is 0 Å². The van der Waals surface area contributed by atoms with Gasteiger partial charge in [0.25, 0.3) is 0 Å². The second-order valence-electron chi connectivity index (χ2n) is 4.65. The van der Waals surface area contributed by atoms with E-state index in [1.807, 2.05) is 37.0 Å². The molecule has 0 amide bonds. The number of nitrogens with one attached hydrogen (secondary N) is 1. The summed E-state index contributed by atoms with van der Waals surface area (Å²) in [6.45, 7) is 2.33. The summed E-state index contributed by atoms with van der Waals surface area (Å²) >= 11 is 0. The molecule has 0 radical (unpaired) electrons. The number of nitrogens with zero attached hydrogens (tertiary/aromatic N) is 1. The fraction of sp³-hybridized carbons (Fsp3) is 0.286. The molecule has 5 heteroatoms. The lowest BCUT2D eigenvalue weighted by atomic mass is 10.2. The van der Waals surface area contributed by atoms with Crippen molar-refractivity contribution in [2.24, 2.45) is 7.05 Å². The van der Waals surface area contributed by atoms with Gasteiger partial charge >= 0.3 is 0 Å². The molecule has 1 heterocycles. The Bertz CT molecular complexity index is 642. The molecule has 0 atom stereocenters. The summed E-state index contributed by atoms with van der Waals surface area (Å²) < 4.78 is 28.6. The first-order valence-corrected chi connectivity index (χ1v) is 7.63. The molecule has 0 aliphatic heterocycles. The molecule has 1 aromatic heterocycles. The minimum atomic E-state index is -3.40. The van der Waals surface area contributed by atoms with Crippen molar-refractivity contribution in [1.82, 2.24) is 9.29 Å². The van der Waals surface area contributed by atoms with E-state index in [0.29, 0.717) is 17.9 Å². The summed E-state index contributed by atoms with van der Waals surface area (Å²) in [5.41, 5.74) is 2.16. The molecule has 0 fully saturated rings. The zero-order valence-electron chi connectivity index (χ0n) is 11.1. The summed E-state index contributed by atoms with van der Waals surface area (Å²) in [6, 6.07) is 8.83. The maximum atomic E-state index is 12.0. The van der Waals surface area contributed by atoms with E-state index in [4.69, 9.17) is 0 Å². The van der Waals surface area contributed by atoms with Gasteiger partial charge in [-0.3, -0.25) is 0 Å². The minimum absolute atomic E-state index is 0.311. The van der Waals surface area contributed by atoms with E-state index in [9.17, 15) is 8.42 Å². The van der Waals surface area contributed by atoms with Crippen LogP contribution in [0.2, 0.25) is 0 Å². The lowest BCUT2D eigenvalue weighted by molar-refractivity contribution is 0.581. The number of hydrogen-bond acceptors (Lipinski definition) is 2. The van der Waals surface area contributed by atoms with Gasteiger partial charge in [-0.05, 0) is 37.1 Å². The Hall–Kier alpha value is -1.59. The Labute approximate surface area is 114 Å². The van der Waals surface area contributed by atoms with Crippen molar-refractivity contribution in [2.75, 3.05) is 6.54 Å². The quantitative estimate of drug-likeness (QED) is 0.907. The zero-order valence-corrected chi connectivity index (χ0v) is 11.9. The van der Waals surface area contributed by atoms with Gasteiger partial charge in [-0.2, -0.15) is 0 Å². The lowest BCUT2D eigenvalue weighted by Crippen LogP contribution is -2.25.